The number of halogens is 1. The fraction of sp³-hybridized carbons (Fsp3) is 0.200. The zero-order valence-electron chi connectivity index (χ0n) is 15.1. The van der Waals surface area contributed by atoms with Crippen molar-refractivity contribution in [3.05, 3.63) is 64.2 Å². The van der Waals surface area contributed by atoms with E-state index in [1.807, 2.05) is 6.07 Å². The summed E-state index contributed by atoms with van der Waals surface area (Å²) in [6.45, 7) is 8.26. The SMILES string of the molecule is Cc1cccc(C)c1Nc1c(-c2ccncc2F)nc2sc(C)c(C)n12. The molecule has 3 heterocycles. The minimum absolute atomic E-state index is 0.378. The Morgan fingerprint density at radius 1 is 1.08 bits per heavy atom. The van der Waals surface area contributed by atoms with Gasteiger partial charge in [-0.2, -0.15) is 0 Å². The largest absolute Gasteiger partial charge is 0.339 e. The topological polar surface area (TPSA) is 42.2 Å². The summed E-state index contributed by atoms with van der Waals surface area (Å²) in [5.41, 5.74) is 5.43. The Morgan fingerprint density at radius 3 is 2.50 bits per heavy atom. The lowest BCUT2D eigenvalue weighted by molar-refractivity contribution is 0.624. The predicted octanol–water partition coefficient (Wildman–Crippen LogP) is 5.57. The van der Waals surface area contributed by atoms with E-state index >= 15 is 0 Å². The highest BCUT2D eigenvalue weighted by molar-refractivity contribution is 7.17. The van der Waals surface area contributed by atoms with Gasteiger partial charge in [-0.05, 0) is 44.9 Å². The van der Waals surface area contributed by atoms with E-state index in [0.717, 1.165) is 33.3 Å². The lowest BCUT2D eigenvalue weighted by Crippen LogP contribution is -2.02. The number of nitrogens with one attached hydrogen (secondary N) is 1. The summed E-state index contributed by atoms with van der Waals surface area (Å²) in [6.07, 6.45) is 2.82. The van der Waals surface area contributed by atoms with Crippen LogP contribution in [0.4, 0.5) is 15.9 Å². The molecule has 0 aliphatic heterocycles. The van der Waals surface area contributed by atoms with Crippen LogP contribution < -0.4 is 5.32 Å². The normalized spacial score (nSPS) is 11.3. The van der Waals surface area contributed by atoms with Crippen LogP contribution in [0.15, 0.2) is 36.7 Å². The molecule has 0 amide bonds. The van der Waals surface area contributed by atoms with E-state index in [0.29, 0.717) is 11.3 Å². The Bertz CT molecular complexity index is 1110. The molecular weight excluding hydrogens is 347 g/mol. The second-order valence-electron chi connectivity index (χ2n) is 6.42. The standard InChI is InChI=1S/C20H19FN4S/c1-11-6-5-7-12(2)17(11)23-19-18(15-8-9-22-10-16(15)21)24-20-25(19)13(3)14(4)26-20/h5-10,23H,1-4H3. The zero-order valence-corrected chi connectivity index (χ0v) is 15.9. The molecule has 4 rings (SSSR count). The van der Waals surface area contributed by atoms with Gasteiger partial charge in [-0.3, -0.25) is 9.38 Å². The minimum Gasteiger partial charge on any atom is -0.339 e. The molecule has 0 atom stereocenters. The number of hydrogen-bond acceptors (Lipinski definition) is 4. The number of rotatable bonds is 3. The Balaban J connectivity index is 1.99. The Labute approximate surface area is 155 Å². The van der Waals surface area contributed by atoms with Gasteiger partial charge in [0.2, 0.25) is 0 Å². The van der Waals surface area contributed by atoms with Gasteiger partial charge in [0.05, 0.1) is 6.20 Å². The number of para-hydroxylation sites is 1. The summed E-state index contributed by atoms with van der Waals surface area (Å²) in [5.74, 6) is 0.404. The van der Waals surface area contributed by atoms with Gasteiger partial charge in [0.25, 0.3) is 0 Å². The molecule has 4 nitrogen and oxygen atoms in total. The molecule has 0 spiro atoms. The Hall–Kier alpha value is -2.73. The monoisotopic (exact) mass is 366 g/mol. The summed E-state index contributed by atoms with van der Waals surface area (Å²) in [5, 5.41) is 3.53. The Morgan fingerprint density at radius 2 is 1.81 bits per heavy atom. The van der Waals surface area contributed by atoms with Crippen LogP contribution in [0.2, 0.25) is 0 Å². The van der Waals surface area contributed by atoms with E-state index in [4.69, 9.17) is 4.98 Å². The van der Waals surface area contributed by atoms with Crippen molar-refractivity contribution in [3.63, 3.8) is 0 Å². The lowest BCUT2D eigenvalue weighted by atomic mass is 10.1. The van der Waals surface area contributed by atoms with Gasteiger partial charge in [-0.1, -0.05) is 18.2 Å². The van der Waals surface area contributed by atoms with Crippen LogP contribution in [0.25, 0.3) is 16.2 Å². The first-order valence-corrected chi connectivity index (χ1v) is 9.20. The molecule has 0 aliphatic carbocycles. The molecule has 6 heteroatoms. The molecule has 3 aromatic heterocycles. The summed E-state index contributed by atoms with van der Waals surface area (Å²) < 4.78 is 16.5. The maximum atomic E-state index is 14.4. The summed E-state index contributed by atoms with van der Waals surface area (Å²) in [7, 11) is 0. The van der Waals surface area contributed by atoms with Crippen LogP contribution in [0.1, 0.15) is 21.7 Å². The molecule has 0 radical (unpaired) electrons. The van der Waals surface area contributed by atoms with Crippen molar-refractivity contribution < 1.29 is 4.39 Å². The molecule has 0 fully saturated rings. The maximum Gasteiger partial charge on any atom is 0.196 e. The first-order chi connectivity index (χ1) is 12.5. The van der Waals surface area contributed by atoms with Crippen LogP contribution >= 0.6 is 11.3 Å². The molecule has 26 heavy (non-hydrogen) atoms. The number of fused-ring (bicyclic) bond motifs is 1. The molecule has 1 N–H and O–H groups in total. The van der Waals surface area contributed by atoms with Crippen molar-refractivity contribution in [2.24, 2.45) is 0 Å². The number of anilines is 2. The van der Waals surface area contributed by atoms with Gasteiger partial charge in [-0.15, -0.1) is 11.3 Å². The number of aryl methyl sites for hydroxylation is 4. The van der Waals surface area contributed by atoms with Gasteiger partial charge in [0, 0.05) is 28.0 Å². The second kappa shape index (κ2) is 6.21. The summed E-state index contributed by atoms with van der Waals surface area (Å²) in [4.78, 5) is 10.6. The van der Waals surface area contributed by atoms with Gasteiger partial charge >= 0.3 is 0 Å². The fourth-order valence-electron chi connectivity index (χ4n) is 3.15. The van der Waals surface area contributed by atoms with Gasteiger partial charge in [0.1, 0.15) is 11.5 Å². The number of benzene rings is 1. The smallest absolute Gasteiger partial charge is 0.196 e. The molecule has 0 saturated heterocycles. The van der Waals surface area contributed by atoms with Crippen LogP contribution in [-0.2, 0) is 0 Å². The van der Waals surface area contributed by atoms with E-state index < -0.39 is 0 Å². The van der Waals surface area contributed by atoms with Crippen molar-refractivity contribution in [1.82, 2.24) is 14.4 Å². The molecular formula is C20H19FN4S. The predicted molar refractivity (Wildman–Crippen MR) is 105 cm³/mol. The van der Waals surface area contributed by atoms with E-state index in [2.05, 4.69) is 54.5 Å². The van der Waals surface area contributed by atoms with Crippen molar-refractivity contribution in [2.75, 3.05) is 5.32 Å². The van der Waals surface area contributed by atoms with Crippen molar-refractivity contribution >= 4 is 27.8 Å². The van der Waals surface area contributed by atoms with E-state index in [9.17, 15) is 4.39 Å². The van der Waals surface area contributed by atoms with Crippen LogP contribution in [0.5, 0.6) is 0 Å². The Kier molecular flexibility index (Phi) is 4.00. The summed E-state index contributed by atoms with van der Waals surface area (Å²) >= 11 is 1.61. The van der Waals surface area contributed by atoms with Crippen LogP contribution in [0, 0.1) is 33.5 Å². The molecule has 132 valence electrons. The molecule has 0 unspecified atom stereocenters. The third-order valence-electron chi connectivity index (χ3n) is 4.69. The molecule has 0 saturated carbocycles. The van der Waals surface area contributed by atoms with Gasteiger partial charge in [0.15, 0.2) is 10.8 Å². The first-order valence-electron chi connectivity index (χ1n) is 8.39. The third kappa shape index (κ3) is 2.57. The number of thiazole rings is 1. The lowest BCUT2D eigenvalue weighted by Gasteiger charge is -2.14. The van der Waals surface area contributed by atoms with Crippen LogP contribution in [-0.4, -0.2) is 14.4 Å². The molecule has 4 aromatic rings. The quantitative estimate of drug-likeness (QED) is 0.515. The third-order valence-corrected chi connectivity index (χ3v) is 5.75. The highest BCUT2D eigenvalue weighted by Crippen LogP contribution is 2.37. The number of nitrogens with zero attached hydrogens (tertiary/aromatic N) is 3. The first kappa shape index (κ1) is 16.7. The number of pyridine rings is 1. The zero-order chi connectivity index (χ0) is 18.4. The van der Waals surface area contributed by atoms with Crippen molar-refractivity contribution in [1.29, 1.82) is 0 Å². The van der Waals surface area contributed by atoms with E-state index in [1.54, 1.807) is 23.6 Å². The number of aromatic nitrogens is 3. The molecule has 0 bridgehead atoms. The van der Waals surface area contributed by atoms with Crippen molar-refractivity contribution in [3.8, 4) is 11.3 Å². The van der Waals surface area contributed by atoms with E-state index in [-0.39, 0.29) is 5.82 Å². The highest BCUT2D eigenvalue weighted by atomic mass is 32.1. The molecule has 0 aliphatic rings. The van der Waals surface area contributed by atoms with Gasteiger partial charge < -0.3 is 5.32 Å². The molecule has 1 aromatic carbocycles. The average molecular weight is 366 g/mol. The average Bonchev–Trinajstić information content (AvgIpc) is 3.08. The number of imidazole rings is 1. The summed E-state index contributed by atoms with van der Waals surface area (Å²) in [6, 6.07) is 7.82. The maximum absolute atomic E-state index is 14.4. The van der Waals surface area contributed by atoms with Crippen molar-refractivity contribution in [2.45, 2.75) is 27.7 Å². The number of hydrogen-bond donors (Lipinski definition) is 1. The van der Waals surface area contributed by atoms with E-state index in [1.165, 1.54) is 11.1 Å². The minimum atomic E-state index is -0.378. The van der Waals surface area contributed by atoms with Crippen LogP contribution in [0.3, 0.4) is 0 Å². The fourth-order valence-corrected chi connectivity index (χ4v) is 4.12. The second-order valence-corrected chi connectivity index (χ2v) is 7.60. The highest BCUT2D eigenvalue weighted by Gasteiger charge is 2.21. The van der Waals surface area contributed by atoms with Gasteiger partial charge in [-0.25, -0.2) is 9.37 Å².